The van der Waals surface area contributed by atoms with E-state index in [1.807, 2.05) is 0 Å². The highest BCUT2D eigenvalue weighted by atomic mass is 19.2. The van der Waals surface area contributed by atoms with Gasteiger partial charge in [-0.15, -0.1) is 0 Å². The molecule has 0 aliphatic carbocycles. The summed E-state index contributed by atoms with van der Waals surface area (Å²) in [5, 5.41) is 3.45. The predicted molar refractivity (Wildman–Crippen MR) is 447 cm³/mol. The Hall–Kier alpha value is -16.2. The largest absolute Gasteiger partial charge is 0.304 e. The van der Waals surface area contributed by atoms with E-state index in [1.165, 1.54) is 43.0 Å². The van der Waals surface area contributed by atoms with Crippen molar-refractivity contribution in [3.05, 3.63) is 368 Å². The quantitative estimate of drug-likeness (QED) is 0.0762. The Morgan fingerprint density at radius 2 is 0.537 bits per heavy atom. The summed E-state index contributed by atoms with van der Waals surface area (Å²) in [6.45, 7) is 0. The van der Waals surface area contributed by atoms with Crippen molar-refractivity contribution in [1.29, 1.82) is 0 Å². The predicted octanol–water partition coefficient (Wildman–Crippen LogP) is 24.9. The SMILES string of the molecule is Fc1c(F)c(-n2c3ccccc3c3ccccc32)c(F)c(F)c1-c1cc(-c2ccccn2)nc(-c2ccc(-c3ccc(-c4nc(-c5cc(-c6cccc(-c7nc(-c8ccccn8)nc(-c8c(F)c(F)c(-n9c%10ccccc%10c%10ccccc%109)c(F)c8F)n7)c6)ccn5)cc(-c5c(F)c(F)c(-n6c7ccccc7c7ccccc76)c(F)c5F)n4)cc3)cn2)c1. The molecule has 10 heterocycles. The maximum atomic E-state index is 17.5. The molecule has 21 aromatic rings. The van der Waals surface area contributed by atoms with Crippen LogP contribution >= 0.6 is 0 Å². The normalized spacial score (nSPS) is 11.7. The van der Waals surface area contributed by atoms with Crippen molar-refractivity contribution in [1.82, 2.24) is 63.5 Å². The van der Waals surface area contributed by atoms with Crippen LogP contribution in [0.15, 0.2) is 298 Å². The Balaban J connectivity index is 0.651. The zero-order chi connectivity index (χ0) is 83.7. The van der Waals surface area contributed by atoms with Crippen LogP contribution in [0.4, 0.5) is 52.7 Å². The van der Waals surface area contributed by atoms with Crippen LogP contribution in [0.5, 0.6) is 0 Å². The van der Waals surface area contributed by atoms with E-state index in [9.17, 15) is 0 Å². The topological polar surface area (TPSA) is 144 Å². The van der Waals surface area contributed by atoms with Gasteiger partial charge in [0, 0.05) is 73.8 Å². The van der Waals surface area contributed by atoms with Gasteiger partial charge in [-0.3, -0.25) is 19.9 Å². The minimum Gasteiger partial charge on any atom is -0.304 e. The molecular weight excluding hydrogens is 1590 g/mol. The smallest absolute Gasteiger partial charge is 0.186 e. The van der Waals surface area contributed by atoms with E-state index < -0.39 is 115 Å². The fourth-order valence-corrected chi connectivity index (χ4v) is 16.2. The van der Waals surface area contributed by atoms with Crippen molar-refractivity contribution >= 4 is 65.4 Å². The van der Waals surface area contributed by atoms with E-state index in [-0.39, 0.29) is 96.1 Å². The molecule has 21 rings (SSSR count). The molecule has 0 aliphatic rings. The van der Waals surface area contributed by atoms with E-state index >= 15 is 52.7 Å². The van der Waals surface area contributed by atoms with Crippen LogP contribution in [-0.2, 0) is 0 Å². The second kappa shape index (κ2) is 29.4. The molecule has 590 valence electrons. The van der Waals surface area contributed by atoms with Gasteiger partial charge in [0.15, 0.2) is 93.1 Å². The first-order valence-electron chi connectivity index (χ1n) is 38.2. The Bertz CT molecular complexity index is 7740. The minimum absolute atomic E-state index is 0.0312. The van der Waals surface area contributed by atoms with E-state index in [4.69, 9.17) is 15.0 Å². The zero-order valence-corrected chi connectivity index (χ0v) is 63.1. The van der Waals surface area contributed by atoms with E-state index in [0.717, 1.165) is 19.8 Å². The van der Waals surface area contributed by atoms with Crippen molar-refractivity contribution in [2.45, 2.75) is 0 Å². The van der Waals surface area contributed by atoms with Crippen molar-refractivity contribution in [3.63, 3.8) is 0 Å². The highest BCUT2D eigenvalue weighted by Crippen LogP contribution is 2.46. The van der Waals surface area contributed by atoms with Crippen LogP contribution in [0, 0.1) is 69.8 Å². The first-order chi connectivity index (χ1) is 60.0. The average Bonchev–Trinajstić information content (AvgIpc) is 1.66. The molecule has 0 saturated heterocycles. The van der Waals surface area contributed by atoms with Crippen LogP contribution in [0.3, 0.4) is 0 Å². The summed E-state index contributed by atoms with van der Waals surface area (Å²) in [6.07, 6.45) is 5.76. The fourth-order valence-electron chi connectivity index (χ4n) is 16.2. The second-order valence-electron chi connectivity index (χ2n) is 28.9. The highest BCUT2D eigenvalue weighted by molar-refractivity contribution is 6.11. The van der Waals surface area contributed by atoms with E-state index in [0.29, 0.717) is 65.6 Å². The lowest BCUT2D eigenvalue weighted by atomic mass is 9.99. The minimum atomic E-state index is -1.80. The first-order valence-corrected chi connectivity index (χ1v) is 38.2. The molecule has 0 bridgehead atoms. The lowest BCUT2D eigenvalue weighted by molar-refractivity contribution is 0.453. The molecule has 10 aromatic heterocycles. The van der Waals surface area contributed by atoms with Crippen molar-refractivity contribution < 1.29 is 52.7 Å². The Morgan fingerprint density at radius 1 is 0.179 bits per heavy atom. The molecule has 11 aromatic carbocycles. The molecule has 0 atom stereocenters. The van der Waals surface area contributed by atoms with Gasteiger partial charge in [-0.25, -0.2) is 82.6 Å². The van der Waals surface area contributed by atoms with Gasteiger partial charge in [0.25, 0.3) is 0 Å². The first kappa shape index (κ1) is 74.4. The Kier molecular flexibility index (Phi) is 17.8. The highest BCUT2D eigenvalue weighted by Gasteiger charge is 2.36. The number of aromatic nitrogens is 13. The van der Waals surface area contributed by atoms with Crippen LogP contribution in [0.25, 0.3) is 207 Å². The molecule has 0 aliphatic heterocycles. The molecule has 123 heavy (non-hydrogen) atoms. The van der Waals surface area contributed by atoms with E-state index in [2.05, 4.69) is 34.9 Å². The molecule has 0 N–H and O–H groups in total. The molecule has 13 nitrogen and oxygen atoms in total. The summed E-state index contributed by atoms with van der Waals surface area (Å²) >= 11 is 0. The summed E-state index contributed by atoms with van der Waals surface area (Å²) in [5.41, 5.74) is -2.86. The average molecular weight is 1640 g/mol. The number of halogens is 12. The summed E-state index contributed by atoms with van der Waals surface area (Å²) in [6, 6.07) is 72.5. The number of hydrogen-bond acceptors (Lipinski definition) is 10. The van der Waals surface area contributed by atoms with Gasteiger partial charge in [0.1, 0.15) is 22.8 Å². The molecule has 0 spiro atoms. The maximum absolute atomic E-state index is 17.5. The Labute approximate surface area is 687 Å². The van der Waals surface area contributed by atoms with Crippen LogP contribution < -0.4 is 0 Å². The number of fused-ring (bicyclic) bond motifs is 9. The summed E-state index contributed by atoms with van der Waals surface area (Å²) in [5.74, 6) is -22.2. The van der Waals surface area contributed by atoms with Gasteiger partial charge in [-0.05, 0) is 125 Å². The van der Waals surface area contributed by atoms with Crippen LogP contribution in [-0.4, -0.2) is 63.5 Å². The van der Waals surface area contributed by atoms with Gasteiger partial charge < -0.3 is 13.7 Å². The third kappa shape index (κ3) is 12.2. The molecule has 0 radical (unpaired) electrons. The summed E-state index contributed by atoms with van der Waals surface area (Å²) < 4.78 is 209. The monoisotopic (exact) mass is 1640 g/mol. The molecule has 0 unspecified atom stereocenters. The number of rotatable bonds is 14. The van der Waals surface area contributed by atoms with Crippen molar-refractivity contribution in [3.8, 4) is 142 Å². The van der Waals surface area contributed by atoms with Crippen LogP contribution in [0.2, 0.25) is 0 Å². The Morgan fingerprint density at radius 3 is 1.00 bits per heavy atom. The molecular formula is C98H49F12N13. The van der Waals surface area contributed by atoms with Gasteiger partial charge >= 0.3 is 0 Å². The number of pyridine rings is 5. The third-order valence-corrected chi connectivity index (χ3v) is 21.9. The van der Waals surface area contributed by atoms with Crippen molar-refractivity contribution in [2.24, 2.45) is 0 Å². The molecule has 0 fully saturated rings. The summed E-state index contributed by atoms with van der Waals surface area (Å²) in [7, 11) is 0. The van der Waals surface area contributed by atoms with Gasteiger partial charge in [-0.1, -0.05) is 170 Å². The van der Waals surface area contributed by atoms with Crippen molar-refractivity contribution in [2.75, 3.05) is 0 Å². The molecule has 0 saturated carbocycles. The van der Waals surface area contributed by atoms with Gasteiger partial charge in [0.2, 0.25) is 0 Å². The number of hydrogen-bond donors (Lipinski definition) is 0. The molecule has 0 amide bonds. The number of benzene rings is 11. The van der Waals surface area contributed by atoms with Crippen LogP contribution in [0.1, 0.15) is 0 Å². The van der Waals surface area contributed by atoms with Gasteiger partial charge in [0.05, 0.1) is 89.6 Å². The lowest BCUT2D eigenvalue weighted by Gasteiger charge is -2.16. The second-order valence-corrected chi connectivity index (χ2v) is 28.9. The number of para-hydroxylation sites is 6. The van der Waals surface area contributed by atoms with Gasteiger partial charge in [-0.2, -0.15) is 0 Å². The standard InChI is InChI=1S/C98H49F12N13/c99-80-77(81(100)87(106)92(86(80)105)121-71-28-7-1-20-57(71)58-21-2-8-29-72(58)121)56-46-67(63-26-13-15-41-111-63)115-68(47-56)64-39-38-55(49-114-64)50-34-36-51(37-35-50)95-116-69(48-70(117-95)78-82(101)88(107)93(89(108)83(78)102)122-73-30-9-3-22-59(73)60-23-4-10-31-74(60)122)66-45-53(40-43-113-66)52-18-17-19-54(44-52)96-118-97(65-27-14-16-42-112-65)120-98(119-96)79-84(103)90(109)94(91(110)85(79)104)123-75-32-11-5-24-61(75)62-25-6-12-33-76(62)123/h1-49H. The lowest BCUT2D eigenvalue weighted by Crippen LogP contribution is -2.11. The third-order valence-electron chi connectivity index (χ3n) is 21.9. The summed E-state index contributed by atoms with van der Waals surface area (Å²) in [4.78, 5) is 45.8. The number of nitrogens with zero attached hydrogens (tertiary/aromatic N) is 13. The fraction of sp³-hybridized carbons (Fsp3) is 0. The van der Waals surface area contributed by atoms with E-state index in [1.54, 1.807) is 249 Å². The zero-order valence-electron chi connectivity index (χ0n) is 63.1. The molecule has 25 heteroatoms. The maximum Gasteiger partial charge on any atom is 0.186 e.